The average molecular weight is 372 g/mol. The van der Waals surface area contributed by atoms with Gasteiger partial charge in [-0.2, -0.15) is 0 Å². The van der Waals surface area contributed by atoms with Crippen LogP contribution in [0.25, 0.3) is 10.8 Å². The Labute approximate surface area is 164 Å². The van der Waals surface area contributed by atoms with Crippen molar-refractivity contribution in [3.63, 3.8) is 0 Å². The normalized spacial score (nSPS) is 19.1. The molecule has 2 aliphatic rings. The van der Waals surface area contributed by atoms with E-state index < -0.39 is 0 Å². The van der Waals surface area contributed by atoms with Gasteiger partial charge in [-0.25, -0.2) is 0 Å². The van der Waals surface area contributed by atoms with Gasteiger partial charge < -0.3 is 15.8 Å². The predicted octanol–water partition coefficient (Wildman–Crippen LogP) is 3.83. The average Bonchev–Trinajstić information content (AvgIpc) is 3.37. The van der Waals surface area contributed by atoms with Crippen molar-refractivity contribution in [2.24, 2.45) is 5.73 Å². The lowest BCUT2D eigenvalue weighted by atomic mass is 9.96. The maximum atomic E-state index is 13.2. The molecule has 3 N–H and O–H groups in total. The smallest absolute Gasteiger partial charge is 0.252 e. The van der Waals surface area contributed by atoms with E-state index in [2.05, 4.69) is 47.8 Å². The van der Waals surface area contributed by atoms with E-state index in [1.807, 2.05) is 19.1 Å². The molecule has 0 unspecified atom stereocenters. The first-order chi connectivity index (χ1) is 13.6. The van der Waals surface area contributed by atoms with Crippen LogP contribution in [0.15, 0.2) is 54.6 Å². The monoisotopic (exact) mass is 372 g/mol. The zero-order valence-electron chi connectivity index (χ0n) is 16.0. The van der Waals surface area contributed by atoms with Gasteiger partial charge in [0, 0.05) is 18.5 Å². The first kappa shape index (κ1) is 17.3. The first-order valence-corrected chi connectivity index (χ1v) is 9.91. The number of nitrogens with one attached hydrogen (secondary N) is 1. The Kier molecular flexibility index (Phi) is 3.91. The molecule has 0 radical (unpaired) electrons. The molecule has 1 heterocycles. The fourth-order valence-corrected chi connectivity index (χ4v) is 4.37. The number of ether oxygens (including phenoxy) is 1. The number of carbonyl (C=O) groups excluding carboxylic acids is 1. The molecule has 1 atom stereocenters. The summed E-state index contributed by atoms with van der Waals surface area (Å²) < 4.78 is 5.88. The summed E-state index contributed by atoms with van der Waals surface area (Å²) >= 11 is 0. The molecule has 1 fully saturated rings. The molecular weight excluding hydrogens is 348 g/mol. The summed E-state index contributed by atoms with van der Waals surface area (Å²) in [6, 6.07) is 18.6. The lowest BCUT2D eigenvalue weighted by Gasteiger charge is -2.21. The third kappa shape index (κ3) is 2.76. The topological polar surface area (TPSA) is 64.3 Å². The fraction of sp³-hybridized carbons (Fsp3) is 0.292. The van der Waals surface area contributed by atoms with Crippen molar-refractivity contribution in [1.29, 1.82) is 0 Å². The van der Waals surface area contributed by atoms with Crippen LogP contribution in [0.5, 0.6) is 5.75 Å². The minimum absolute atomic E-state index is 0.0122. The van der Waals surface area contributed by atoms with Crippen LogP contribution in [0.3, 0.4) is 0 Å². The van der Waals surface area contributed by atoms with Crippen molar-refractivity contribution in [2.75, 3.05) is 6.54 Å². The molecule has 0 bridgehead atoms. The quantitative estimate of drug-likeness (QED) is 0.732. The van der Waals surface area contributed by atoms with Crippen LogP contribution in [0.4, 0.5) is 0 Å². The van der Waals surface area contributed by atoms with Gasteiger partial charge in [-0.05, 0) is 53.3 Å². The standard InChI is InChI=1S/C24H24N2O2/c1-15-11-17-12-18(14-25)28-22(17)13-20(15)23(27)26-24(9-10-24)21-8-4-6-16-5-2-3-7-19(16)21/h2-8,11,13,18H,9-10,12,14,25H2,1H3,(H,26,27)/t18-/m1/s1. The van der Waals surface area contributed by atoms with Crippen molar-refractivity contribution in [2.45, 2.75) is 37.8 Å². The van der Waals surface area contributed by atoms with Gasteiger partial charge in [0.25, 0.3) is 5.91 Å². The highest BCUT2D eigenvalue weighted by atomic mass is 16.5. The number of carbonyl (C=O) groups is 1. The predicted molar refractivity (Wildman–Crippen MR) is 111 cm³/mol. The Hall–Kier alpha value is -2.85. The third-order valence-corrected chi connectivity index (χ3v) is 6.06. The molecule has 4 nitrogen and oxygen atoms in total. The summed E-state index contributed by atoms with van der Waals surface area (Å²) in [5.74, 6) is 0.756. The summed E-state index contributed by atoms with van der Waals surface area (Å²) in [5.41, 5.74) is 9.48. The van der Waals surface area contributed by atoms with E-state index in [-0.39, 0.29) is 17.6 Å². The molecule has 3 aromatic carbocycles. The molecule has 0 saturated heterocycles. The van der Waals surface area contributed by atoms with Gasteiger partial charge in [-0.3, -0.25) is 4.79 Å². The van der Waals surface area contributed by atoms with Crippen LogP contribution < -0.4 is 15.8 Å². The summed E-state index contributed by atoms with van der Waals surface area (Å²) in [5, 5.41) is 5.75. The Morgan fingerprint density at radius 2 is 1.96 bits per heavy atom. The number of benzene rings is 3. The van der Waals surface area contributed by atoms with Gasteiger partial charge in [-0.15, -0.1) is 0 Å². The minimum Gasteiger partial charge on any atom is -0.488 e. The minimum atomic E-state index is -0.274. The summed E-state index contributed by atoms with van der Waals surface area (Å²) in [4.78, 5) is 13.2. The highest BCUT2D eigenvalue weighted by Gasteiger charge is 2.46. The number of amides is 1. The van der Waals surface area contributed by atoms with Gasteiger partial charge in [0.1, 0.15) is 11.9 Å². The molecule has 0 aromatic heterocycles. The van der Waals surface area contributed by atoms with Crippen molar-refractivity contribution in [3.05, 3.63) is 76.9 Å². The molecule has 142 valence electrons. The zero-order chi connectivity index (χ0) is 19.3. The van der Waals surface area contributed by atoms with E-state index >= 15 is 0 Å². The second kappa shape index (κ2) is 6.35. The number of hydrogen-bond donors (Lipinski definition) is 2. The summed E-state index contributed by atoms with van der Waals surface area (Å²) in [6.45, 7) is 2.47. The second-order valence-electron chi connectivity index (χ2n) is 8.02. The molecule has 3 aromatic rings. The van der Waals surface area contributed by atoms with Crippen LogP contribution in [-0.2, 0) is 12.0 Å². The van der Waals surface area contributed by atoms with Crippen molar-refractivity contribution >= 4 is 16.7 Å². The lowest BCUT2D eigenvalue weighted by molar-refractivity contribution is 0.0930. The number of hydrogen-bond acceptors (Lipinski definition) is 3. The van der Waals surface area contributed by atoms with Crippen molar-refractivity contribution in [3.8, 4) is 5.75 Å². The Morgan fingerprint density at radius 3 is 2.75 bits per heavy atom. The largest absolute Gasteiger partial charge is 0.488 e. The summed E-state index contributed by atoms with van der Waals surface area (Å²) in [6.07, 6.45) is 2.75. The highest BCUT2D eigenvalue weighted by Crippen LogP contribution is 2.48. The van der Waals surface area contributed by atoms with Gasteiger partial charge in [0.2, 0.25) is 0 Å². The van der Waals surface area contributed by atoms with E-state index in [0.717, 1.165) is 36.1 Å². The molecule has 1 saturated carbocycles. The van der Waals surface area contributed by atoms with Gasteiger partial charge in [0.15, 0.2) is 0 Å². The second-order valence-corrected chi connectivity index (χ2v) is 8.02. The molecule has 1 aliphatic carbocycles. The maximum absolute atomic E-state index is 13.2. The van der Waals surface area contributed by atoms with Crippen LogP contribution in [0.1, 0.15) is 39.9 Å². The Morgan fingerprint density at radius 1 is 1.18 bits per heavy atom. The fourth-order valence-electron chi connectivity index (χ4n) is 4.37. The van der Waals surface area contributed by atoms with E-state index in [1.54, 1.807) is 0 Å². The molecule has 4 heteroatoms. The van der Waals surface area contributed by atoms with E-state index in [4.69, 9.17) is 10.5 Å². The molecule has 5 rings (SSSR count). The highest BCUT2D eigenvalue weighted by molar-refractivity contribution is 5.98. The molecule has 28 heavy (non-hydrogen) atoms. The zero-order valence-corrected chi connectivity index (χ0v) is 16.0. The lowest BCUT2D eigenvalue weighted by Crippen LogP contribution is -2.35. The molecular formula is C24H24N2O2. The van der Waals surface area contributed by atoms with Crippen LogP contribution >= 0.6 is 0 Å². The number of fused-ring (bicyclic) bond motifs is 2. The molecule has 0 spiro atoms. The SMILES string of the molecule is Cc1cc2c(cc1C(=O)NC1(c3cccc4ccccc34)CC1)O[C@@H](CN)C2. The molecule has 1 aliphatic heterocycles. The maximum Gasteiger partial charge on any atom is 0.252 e. The van der Waals surface area contributed by atoms with E-state index in [9.17, 15) is 4.79 Å². The first-order valence-electron chi connectivity index (χ1n) is 9.91. The van der Waals surface area contributed by atoms with Crippen molar-refractivity contribution in [1.82, 2.24) is 5.32 Å². The van der Waals surface area contributed by atoms with Crippen LogP contribution in [0.2, 0.25) is 0 Å². The van der Waals surface area contributed by atoms with Crippen molar-refractivity contribution < 1.29 is 9.53 Å². The number of aryl methyl sites for hydroxylation is 1. The van der Waals surface area contributed by atoms with Gasteiger partial charge in [-0.1, -0.05) is 48.5 Å². The Bertz CT molecular complexity index is 1080. The van der Waals surface area contributed by atoms with Crippen LogP contribution in [-0.4, -0.2) is 18.6 Å². The number of rotatable bonds is 4. The van der Waals surface area contributed by atoms with E-state index in [1.165, 1.54) is 16.3 Å². The van der Waals surface area contributed by atoms with Crippen LogP contribution in [0, 0.1) is 6.92 Å². The third-order valence-electron chi connectivity index (χ3n) is 6.06. The number of nitrogens with two attached hydrogens (primary N) is 1. The van der Waals surface area contributed by atoms with E-state index in [0.29, 0.717) is 12.1 Å². The molecule has 1 amide bonds. The Balaban J connectivity index is 1.46. The van der Waals surface area contributed by atoms with Gasteiger partial charge >= 0.3 is 0 Å². The van der Waals surface area contributed by atoms with Gasteiger partial charge in [0.05, 0.1) is 5.54 Å². The summed E-state index contributed by atoms with van der Waals surface area (Å²) in [7, 11) is 0.